The third-order valence-corrected chi connectivity index (χ3v) is 3.23. The molecule has 0 radical (unpaired) electrons. The third kappa shape index (κ3) is 3.67. The maximum atomic E-state index is 13.7. The quantitative estimate of drug-likeness (QED) is 0.694. The van der Waals surface area contributed by atoms with E-state index >= 15 is 0 Å². The predicted molar refractivity (Wildman–Crippen MR) is 86.1 cm³/mol. The van der Waals surface area contributed by atoms with Crippen LogP contribution >= 0.6 is 0 Å². The summed E-state index contributed by atoms with van der Waals surface area (Å²) in [7, 11) is 0. The van der Waals surface area contributed by atoms with Crippen LogP contribution in [-0.4, -0.2) is 9.97 Å². The second-order valence-electron chi connectivity index (χ2n) is 4.95. The lowest BCUT2D eigenvalue weighted by Crippen LogP contribution is -2.02. The van der Waals surface area contributed by atoms with Crippen molar-refractivity contribution in [3.63, 3.8) is 0 Å². The average Bonchev–Trinajstić information content (AvgIpc) is 2.63. The molecule has 1 aromatic heterocycles. The fourth-order valence-corrected chi connectivity index (χ4v) is 2.07. The van der Waals surface area contributed by atoms with Gasteiger partial charge >= 0.3 is 0 Å². The highest BCUT2D eigenvalue weighted by Gasteiger charge is 2.14. The first-order chi connectivity index (χ1) is 12.1. The van der Waals surface area contributed by atoms with Crippen LogP contribution in [0.15, 0.2) is 48.8 Å². The minimum absolute atomic E-state index is 0.179. The Balaban J connectivity index is 1.82. The van der Waals surface area contributed by atoms with Gasteiger partial charge < -0.3 is 10.6 Å². The molecule has 0 unspecified atom stereocenters. The van der Waals surface area contributed by atoms with Crippen molar-refractivity contribution in [2.24, 2.45) is 0 Å². The molecule has 0 aliphatic rings. The maximum Gasteiger partial charge on any atom is 0.196 e. The van der Waals surface area contributed by atoms with Crippen molar-refractivity contribution in [1.82, 2.24) is 9.97 Å². The number of nitrogens with one attached hydrogen (secondary N) is 2. The van der Waals surface area contributed by atoms with Crippen molar-refractivity contribution < 1.29 is 13.2 Å². The zero-order chi connectivity index (χ0) is 17.8. The number of nitrogens with zero attached hydrogens (tertiary/aromatic N) is 3. The number of rotatable bonds is 4. The Morgan fingerprint density at radius 3 is 2.40 bits per heavy atom. The topological polar surface area (TPSA) is 73.6 Å². The van der Waals surface area contributed by atoms with E-state index in [4.69, 9.17) is 5.26 Å². The molecular formula is C17H10F3N5. The van der Waals surface area contributed by atoms with Gasteiger partial charge in [-0.3, -0.25) is 0 Å². The zero-order valence-corrected chi connectivity index (χ0v) is 12.6. The number of hydrogen-bond acceptors (Lipinski definition) is 5. The fourth-order valence-electron chi connectivity index (χ4n) is 2.07. The Morgan fingerprint density at radius 2 is 1.64 bits per heavy atom. The summed E-state index contributed by atoms with van der Waals surface area (Å²) in [6, 6.07) is 12.1. The van der Waals surface area contributed by atoms with Gasteiger partial charge in [0.1, 0.15) is 18.0 Å². The first-order valence-corrected chi connectivity index (χ1v) is 7.06. The summed E-state index contributed by atoms with van der Waals surface area (Å²) < 4.78 is 39.9. The van der Waals surface area contributed by atoms with Crippen LogP contribution in [0.1, 0.15) is 5.56 Å². The lowest BCUT2D eigenvalue weighted by Gasteiger charge is -2.10. The Morgan fingerprint density at radius 1 is 0.880 bits per heavy atom. The second-order valence-corrected chi connectivity index (χ2v) is 4.95. The van der Waals surface area contributed by atoms with Gasteiger partial charge in [0.2, 0.25) is 0 Å². The van der Waals surface area contributed by atoms with Crippen molar-refractivity contribution in [2.45, 2.75) is 0 Å². The molecule has 0 bridgehead atoms. The van der Waals surface area contributed by atoms with Crippen LogP contribution in [-0.2, 0) is 0 Å². The summed E-state index contributed by atoms with van der Waals surface area (Å²) in [6.07, 6.45) is 1.22. The summed E-state index contributed by atoms with van der Waals surface area (Å²) in [4.78, 5) is 7.92. The molecule has 3 aromatic rings. The SMILES string of the molecule is N#Cc1cccc(Nc2cc(Nc3ccc(F)c(F)c3F)ncn2)c1. The molecule has 0 amide bonds. The summed E-state index contributed by atoms with van der Waals surface area (Å²) >= 11 is 0. The molecule has 2 aromatic carbocycles. The number of hydrogen-bond donors (Lipinski definition) is 2. The molecular weight excluding hydrogens is 331 g/mol. The molecule has 124 valence electrons. The van der Waals surface area contributed by atoms with Crippen molar-refractivity contribution in [1.29, 1.82) is 5.26 Å². The molecule has 0 aliphatic heterocycles. The van der Waals surface area contributed by atoms with Gasteiger partial charge in [-0.2, -0.15) is 5.26 Å². The van der Waals surface area contributed by atoms with Gasteiger partial charge in [-0.05, 0) is 30.3 Å². The van der Waals surface area contributed by atoms with Crippen LogP contribution in [0, 0.1) is 28.8 Å². The fraction of sp³-hybridized carbons (Fsp3) is 0. The molecule has 1 heterocycles. The number of benzene rings is 2. The molecule has 0 aliphatic carbocycles. The van der Waals surface area contributed by atoms with Crippen molar-refractivity contribution >= 4 is 23.0 Å². The number of aromatic nitrogens is 2. The molecule has 0 spiro atoms. The molecule has 25 heavy (non-hydrogen) atoms. The summed E-state index contributed by atoms with van der Waals surface area (Å²) in [5.41, 5.74) is 0.846. The van der Waals surface area contributed by atoms with Gasteiger partial charge in [0.15, 0.2) is 17.5 Å². The molecule has 0 saturated carbocycles. The van der Waals surface area contributed by atoms with Crippen LogP contribution in [0.2, 0.25) is 0 Å². The summed E-state index contributed by atoms with van der Waals surface area (Å²) in [5.74, 6) is -3.62. The molecule has 0 fully saturated rings. The monoisotopic (exact) mass is 341 g/mol. The van der Waals surface area contributed by atoms with Crippen LogP contribution in [0.25, 0.3) is 0 Å². The summed E-state index contributed by atoms with van der Waals surface area (Å²) in [5, 5.41) is 14.4. The standard InChI is InChI=1S/C17H10F3N5/c18-12-4-5-13(17(20)16(12)19)25-15-7-14(22-9-23-15)24-11-3-1-2-10(6-11)8-21/h1-7,9H,(H2,22,23,24,25). The predicted octanol–water partition coefficient (Wildman–Crippen LogP) is 4.25. The lowest BCUT2D eigenvalue weighted by atomic mass is 10.2. The second kappa shape index (κ2) is 6.88. The highest BCUT2D eigenvalue weighted by Crippen LogP contribution is 2.24. The van der Waals surface area contributed by atoms with E-state index in [-0.39, 0.29) is 11.5 Å². The van der Waals surface area contributed by atoms with Gasteiger partial charge in [-0.1, -0.05) is 6.07 Å². The Kier molecular flexibility index (Phi) is 4.48. The zero-order valence-electron chi connectivity index (χ0n) is 12.6. The van der Waals surface area contributed by atoms with Crippen LogP contribution in [0.3, 0.4) is 0 Å². The molecule has 2 N–H and O–H groups in total. The largest absolute Gasteiger partial charge is 0.340 e. The maximum absolute atomic E-state index is 13.7. The van der Waals surface area contributed by atoms with E-state index in [2.05, 4.69) is 20.6 Å². The highest BCUT2D eigenvalue weighted by atomic mass is 19.2. The van der Waals surface area contributed by atoms with Crippen LogP contribution in [0.4, 0.5) is 36.2 Å². The normalized spacial score (nSPS) is 10.2. The van der Waals surface area contributed by atoms with Gasteiger partial charge in [0.05, 0.1) is 17.3 Å². The number of halogens is 3. The van der Waals surface area contributed by atoms with E-state index in [1.807, 2.05) is 6.07 Å². The minimum atomic E-state index is -1.56. The molecule has 0 atom stereocenters. The molecule has 3 rings (SSSR count). The Hall–Kier alpha value is -3.60. The van der Waals surface area contributed by atoms with Crippen molar-refractivity contribution in [2.75, 3.05) is 10.6 Å². The van der Waals surface area contributed by atoms with Gasteiger partial charge in [0, 0.05) is 11.8 Å². The van der Waals surface area contributed by atoms with Gasteiger partial charge in [-0.15, -0.1) is 0 Å². The third-order valence-electron chi connectivity index (χ3n) is 3.23. The van der Waals surface area contributed by atoms with E-state index in [0.717, 1.165) is 12.1 Å². The molecule has 8 heteroatoms. The smallest absolute Gasteiger partial charge is 0.196 e. The van der Waals surface area contributed by atoms with Crippen LogP contribution < -0.4 is 10.6 Å². The van der Waals surface area contributed by atoms with E-state index < -0.39 is 17.5 Å². The molecule has 0 saturated heterocycles. The van der Waals surface area contributed by atoms with Gasteiger partial charge in [0.25, 0.3) is 0 Å². The first-order valence-electron chi connectivity index (χ1n) is 7.06. The number of anilines is 4. The van der Waals surface area contributed by atoms with E-state index in [1.165, 1.54) is 12.4 Å². The van der Waals surface area contributed by atoms with E-state index in [9.17, 15) is 13.2 Å². The lowest BCUT2D eigenvalue weighted by molar-refractivity contribution is 0.449. The van der Waals surface area contributed by atoms with Crippen molar-refractivity contribution in [3.8, 4) is 6.07 Å². The van der Waals surface area contributed by atoms with E-state index in [0.29, 0.717) is 17.1 Å². The average molecular weight is 341 g/mol. The minimum Gasteiger partial charge on any atom is -0.340 e. The first kappa shape index (κ1) is 16.3. The summed E-state index contributed by atoms with van der Waals surface area (Å²) in [6.45, 7) is 0. The highest BCUT2D eigenvalue weighted by molar-refractivity contribution is 5.64. The van der Waals surface area contributed by atoms with Crippen molar-refractivity contribution in [3.05, 3.63) is 71.8 Å². The Bertz CT molecular complexity index is 969. The Labute approximate surface area is 140 Å². The van der Waals surface area contributed by atoms with Crippen LogP contribution in [0.5, 0.6) is 0 Å². The molecule has 5 nitrogen and oxygen atoms in total. The van der Waals surface area contributed by atoms with Gasteiger partial charge in [-0.25, -0.2) is 23.1 Å². The number of nitriles is 1. The van der Waals surface area contributed by atoms with E-state index in [1.54, 1.807) is 24.3 Å².